The normalized spacial score (nSPS) is 19.5. The van der Waals surface area contributed by atoms with E-state index < -0.39 is 0 Å². The van der Waals surface area contributed by atoms with Gasteiger partial charge in [0.05, 0.1) is 19.3 Å². The molecule has 1 atom stereocenters. The topological polar surface area (TPSA) is 61.8 Å². The lowest BCUT2D eigenvalue weighted by Gasteiger charge is -2.19. The molecule has 0 aromatic carbocycles. The first-order chi connectivity index (χ1) is 8.26. The van der Waals surface area contributed by atoms with Gasteiger partial charge in [0.25, 0.3) is 0 Å². The molecule has 1 unspecified atom stereocenters. The molecule has 0 aliphatic carbocycles. The van der Waals surface area contributed by atoms with Gasteiger partial charge in [-0.05, 0) is 12.8 Å². The molecular formula is C12H22N2O3. The summed E-state index contributed by atoms with van der Waals surface area (Å²) in [6, 6.07) is 0. The zero-order valence-corrected chi connectivity index (χ0v) is 10.2. The lowest BCUT2D eigenvalue weighted by atomic mass is 10.2. The fourth-order valence-electron chi connectivity index (χ4n) is 1.85. The van der Waals surface area contributed by atoms with Crippen LogP contribution in [-0.4, -0.2) is 61.4 Å². The molecule has 1 aliphatic heterocycles. The van der Waals surface area contributed by atoms with Gasteiger partial charge in [0.2, 0.25) is 5.91 Å². The third kappa shape index (κ3) is 5.81. The number of rotatable bonds is 8. The molecule has 1 amide bonds. The average molecular weight is 242 g/mol. The number of ether oxygens (including phenoxy) is 1. The molecule has 5 heteroatoms. The van der Waals surface area contributed by atoms with Crippen molar-refractivity contribution < 1.29 is 14.6 Å². The molecule has 0 aromatic heterocycles. The minimum atomic E-state index is -0.0317. The zero-order valence-electron chi connectivity index (χ0n) is 10.2. The summed E-state index contributed by atoms with van der Waals surface area (Å²) < 4.78 is 5.42. The van der Waals surface area contributed by atoms with Crippen LogP contribution in [-0.2, 0) is 9.53 Å². The minimum Gasteiger partial charge on any atom is -0.395 e. The van der Waals surface area contributed by atoms with E-state index in [9.17, 15) is 4.79 Å². The standard InChI is InChI=1S/C12H22N2O3/c1-2-5-14(6-7-15)10-12(16)13-9-11-4-3-8-17-11/h2,11,15H,1,3-10H2,(H,13,16). The number of carbonyl (C=O) groups is 1. The first-order valence-corrected chi connectivity index (χ1v) is 6.08. The van der Waals surface area contributed by atoms with Crippen molar-refractivity contribution in [3.63, 3.8) is 0 Å². The van der Waals surface area contributed by atoms with Gasteiger partial charge in [0, 0.05) is 26.2 Å². The Labute approximate surface area is 102 Å². The summed E-state index contributed by atoms with van der Waals surface area (Å²) in [6.45, 7) is 6.44. The Kier molecular flexibility index (Phi) is 6.84. The lowest BCUT2D eigenvalue weighted by Crippen LogP contribution is -2.41. The largest absolute Gasteiger partial charge is 0.395 e. The highest BCUT2D eigenvalue weighted by Crippen LogP contribution is 2.10. The van der Waals surface area contributed by atoms with Crippen molar-refractivity contribution in [1.29, 1.82) is 0 Å². The maximum Gasteiger partial charge on any atom is 0.234 e. The van der Waals surface area contributed by atoms with Crippen molar-refractivity contribution in [1.82, 2.24) is 10.2 Å². The molecule has 98 valence electrons. The predicted molar refractivity (Wildman–Crippen MR) is 65.7 cm³/mol. The van der Waals surface area contributed by atoms with E-state index in [-0.39, 0.29) is 18.6 Å². The summed E-state index contributed by atoms with van der Waals surface area (Å²) in [6.07, 6.45) is 3.99. The molecule has 0 spiro atoms. The van der Waals surface area contributed by atoms with Gasteiger partial charge in [0.1, 0.15) is 0 Å². The third-order valence-electron chi connectivity index (χ3n) is 2.72. The van der Waals surface area contributed by atoms with Crippen LogP contribution < -0.4 is 5.32 Å². The van der Waals surface area contributed by atoms with Gasteiger partial charge in [-0.2, -0.15) is 0 Å². The number of amides is 1. The molecular weight excluding hydrogens is 220 g/mol. The van der Waals surface area contributed by atoms with Crippen LogP contribution in [0.2, 0.25) is 0 Å². The van der Waals surface area contributed by atoms with Gasteiger partial charge < -0.3 is 15.2 Å². The molecule has 17 heavy (non-hydrogen) atoms. The van der Waals surface area contributed by atoms with E-state index in [0.717, 1.165) is 19.4 Å². The number of hydrogen-bond acceptors (Lipinski definition) is 4. The maximum atomic E-state index is 11.6. The van der Waals surface area contributed by atoms with E-state index in [1.807, 2.05) is 4.90 Å². The molecule has 0 aromatic rings. The number of aliphatic hydroxyl groups is 1. The monoisotopic (exact) mass is 242 g/mol. The molecule has 1 rings (SSSR count). The Bertz CT molecular complexity index is 240. The predicted octanol–water partition coefficient (Wildman–Crippen LogP) is -0.238. The van der Waals surface area contributed by atoms with E-state index >= 15 is 0 Å². The Morgan fingerprint density at radius 3 is 3.06 bits per heavy atom. The molecule has 0 radical (unpaired) electrons. The third-order valence-corrected chi connectivity index (χ3v) is 2.72. The lowest BCUT2D eigenvalue weighted by molar-refractivity contribution is -0.122. The SMILES string of the molecule is C=CCN(CCO)CC(=O)NCC1CCCO1. The number of carbonyl (C=O) groups excluding carboxylic acids is 1. The van der Waals surface area contributed by atoms with Gasteiger partial charge in [-0.15, -0.1) is 6.58 Å². The Hall–Kier alpha value is -0.910. The molecule has 1 aliphatic rings. The summed E-state index contributed by atoms with van der Waals surface area (Å²) in [5, 5.41) is 11.7. The highest BCUT2D eigenvalue weighted by Gasteiger charge is 2.16. The Morgan fingerprint density at radius 2 is 2.47 bits per heavy atom. The van der Waals surface area contributed by atoms with E-state index in [1.54, 1.807) is 6.08 Å². The van der Waals surface area contributed by atoms with Crippen molar-refractivity contribution in [3.05, 3.63) is 12.7 Å². The van der Waals surface area contributed by atoms with Gasteiger partial charge in [0.15, 0.2) is 0 Å². The van der Waals surface area contributed by atoms with Crippen molar-refractivity contribution in [2.24, 2.45) is 0 Å². The fraction of sp³-hybridized carbons (Fsp3) is 0.750. The van der Waals surface area contributed by atoms with Crippen LogP contribution in [0.5, 0.6) is 0 Å². The minimum absolute atomic E-state index is 0.0317. The number of aliphatic hydroxyl groups excluding tert-OH is 1. The molecule has 1 fully saturated rings. The maximum absolute atomic E-state index is 11.6. The average Bonchev–Trinajstić information content (AvgIpc) is 2.80. The first kappa shape index (κ1) is 14.2. The highest BCUT2D eigenvalue weighted by molar-refractivity contribution is 5.78. The first-order valence-electron chi connectivity index (χ1n) is 6.08. The Balaban J connectivity index is 2.18. The Morgan fingerprint density at radius 1 is 1.65 bits per heavy atom. The van der Waals surface area contributed by atoms with Gasteiger partial charge in [-0.25, -0.2) is 0 Å². The van der Waals surface area contributed by atoms with Crippen LogP contribution in [0.3, 0.4) is 0 Å². The van der Waals surface area contributed by atoms with E-state index in [1.165, 1.54) is 0 Å². The molecule has 1 saturated heterocycles. The van der Waals surface area contributed by atoms with Crippen LogP contribution >= 0.6 is 0 Å². The van der Waals surface area contributed by atoms with Crippen LogP contribution in [0.4, 0.5) is 0 Å². The second-order valence-corrected chi connectivity index (χ2v) is 4.19. The molecule has 0 saturated carbocycles. The number of nitrogens with one attached hydrogen (secondary N) is 1. The summed E-state index contributed by atoms with van der Waals surface area (Å²) in [7, 11) is 0. The van der Waals surface area contributed by atoms with Crippen molar-refractivity contribution in [3.8, 4) is 0 Å². The number of nitrogens with zero attached hydrogens (tertiary/aromatic N) is 1. The molecule has 5 nitrogen and oxygen atoms in total. The van der Waals surface area contributed by atoms with Crippen molar-refractivity contribution >= 4 is 5.91 Å². The molecule has 0 bridgehead atoms. The fourth-order valence-corrected chi connectivity index (χ4v) is 1.85. The summed E-state index contributed by atoms with van der Waals surface area (Å²) in [4.78, 5) is 13.5. The quantitative estimate of drug-likeness (QED) is 0.577. The van der Waals surface area contributed by atoms with Crippen molar-refractivity contribution in [2.75, 3.05) is 39.4 Å². The van der Waals surface area contributed by atoms with E-state index in [4.69, 9.17) is 9.84 Å². The van der Waals surface area contributed by atoms with E-state index in [2.05, 4.69) is 11.9 Å². The molecule has 1 heterocycles. The second-order valence-electron chi connectivity index (χ2n) is 4.19. The summed E-state index contributed by atoms with van der Waals surface area (Å²) >= 11 is 0. The zero-order chi connectivity index (χ0) is 12.5. The van der Waals surface area contributed by atoms with Crippen LogP contribution in [0.15, 0.2) is 12.7 Å². The van der Waals surface area contributed by atoms with Crippen LogP contribution in [0.1, 0.15) is 12.8 Å². The van der Waals surface area contributed by atoms with Gasteiger partial charge in [-0.3, -0.25) is 9.69 Å². The summed E-state index contributed by atoms with van der Waals surface area (Å²) in [5.41, 5.74) is 0. The second kappa shape index (κ2) is 8.22. The van der Waals surface area contributed by atoms with E-state index in [0.29, 0.717) is 26.2 Å². The van der Waals surface area contributed by atoms with Crippen LogP contribution in [0, 0.1) is 0 Å². The summed E-state index contributed by atoms with van der Waals surface area (Å²) in [5.74, 6) is -0.0317. The number of hydrogen-bond donors (Lipinski definition) is 2. The van der Waals surface area contributed by atoms with Crippen molar-refractivity contribution in [2.45, 2.75) is 18.9 Å². The van der Waals surface area contributed by atoms with Crippen LogP contribution in [0.25, 0.3) is 0 Å². The highest BCUT2D eigenvalue weighted by atomic mass is 16.5. The van der Waals surface area contributed by atoms with Gasteiger partial charge >= 0.3 is 0 Å². The van der Waals surface area contributed by atoms with Gasteiger partial charge in [-0.1, -0.05) is 6.08 Å². The smallest absolute Gasteiger partial charge is 0.234 e. The molecule has 2 N–H and O–H groups in total.